The lowest BCUT2D eigenvalue weighted by Crippen LogP contribution is -2.50. The molecule has 1 aromatic heterocycles. The number of rotatable bonds is 28. The normalized spacial score (nSPS) is 14.2. The van der Waals surface area contributed by atoms with Gasteiger partial charge in [0.05, 0.1) is 18.1 Å². The smallest absolute Gasteiger partial charge is 0.480 e. The third-order valence-corrected chi connectivity index (χ3v) is 12.5. The molecule has 0 saturated carbocycles. The van der Waals surface area contributed by atoms with E-state index in [0.717, 1.165) is 40.8 Å². The SMILES string of the molecule is CC(C)C(NC(=O)CN1C(=O)C=CC1=O)C(=O)C[C@@H](C)C(=O)N[C@@H](CCCCNC(=O)CCNC(=O)[C@@H](N)CCN(C(=O)CO)[C@@H](c1cc(-c2cc(F)ccc2F)cn1Cc1ccccc1)C(C)(C)C)C(=O)O.O=C(O)C(F)(F)F. The van der Waals surface area contributed by atoms with Gasteiger partial charge in [0, 0.05) is 80.1 Å². The number of benzene rings is 2. The van der Waals surface area contributed by atoms with Gasteiger partial charge in [-0.2, -0.15) is 13.2 Å². The van der Waals surface area contributed by atoms with Crippen molar-refractivity contribution < 1.29 is 85.2 Å². The number of ketones is 1. The minimum absolute atomic E-state index is 0.00717. The molecular formula is C54H69F5N8O13. The van der Waals surface area contributed by atoms with E-state index in [9.17, 15) is 70.9 Å². The van der Waals surface area contributed by atoms with Gasteiger partial charge >= 0.3 is 18.1 Å². The molecule has 438 valence electrons. The number of unbranched alkanes of at least 4 members (excludes halogenated alkanes) is 1. The molecule has 1 aliphatic rings. The highest BCUT2D eigenvalue weighted by Crippen LogP contribution is 2.41. The van der Waals surface area contributed by atoms with Crippen LogP contribution in [-0.2, 0) is 54.5 Å². The first-order valence-corrected chi connectivity index (χ1v) is 25.4. The van der Waals surface area contributed by atoms with Crippen molar-refractivity contribution in [2.24, 2.45) is 23.0 Å². The molecule has 0 radical (unpaired) electrons. The number of Topliss-reactive ketones (excluding diaryl/α,β-unsaturated/α-hetero) is 1. The largest absolute Gasteiger partial charge is 0.490 e. The summed E-state index contributed by atoms with van der Waals surface area (Å²) >= 11 is 0. The van der Waals surface area contributed by atoms with Crippen LogP contribution >= 0.6 is 0 Å². The molecule has 7 amide bonds. The Morgan fingerprint density at radius 2 is 1.41 bits per heavy atom. The molecule has 2 aromatic carbocycles. The Labute approximate surface area is 458 Å². The third-order valence-electron chi connectivity index (χ3n) is 12.5. The Hall–Kier alpha value is -7.87. The molecule has 0 fully saturated rings. The molecule has 5 atom stereocenters. The second kappa shape index (κ2) is 30.5. The number of nitrogens with one attached hydrogen (secondary N) is 4. The molecule has 1 aliphatic heterocycles. The Bertz CT molecular complexity index is 2710. The van der Waals surface area contributed by atoms with Gasteiger partial charge < -0.3 is 51.8 Å². The molecule has 0 aliphatic carbocycles. The molecule has 0 saturated heterocycles. The molecule has 1 unspecified atom stereocenters. The maximum Gasteiger partial charge on any atom is 0.490 e. The number of hydrogen-bond acceptors (Lipinski definition) is 12. The highest BCUT2D eigenvalue weighted by molar-refractivity contribution is 6.14. The molecule has 80 heavy (non-hydrogen) atoms. The summed E-state index contributed by atoms with van der Waals surface area (Å²) < 4.78 is 63.1. The molecule has 4 rings (SSSR count). The third kappa shape index (κ3) is 20.7. The van der Waals surface area contributed by atoms with Gasteiger partial charge in [0.25, 0.3) is 11.8 Å². The minimum Gasteiger partial charge on any atom is -0.480 e. The van der Waals surface area contributed by atoms with Gasteiger partial charge in [-0.1, -0.05) is 71.9 Å². The number of carbonyl (C=O) groups excluding carboxylic acids is 8. The lowest BCUT2D eigenvalue weighted by atomic mass is 9.82. The van der Waals surface area contributed by atoms with Crippen LogP contribution in [0.2, 0.25) is 0 Å². The fraction of sp³-hybridized carbons (Fsp3) is 0.481. The number of aliphatic carboxylic acids is 2. The Morgan fingerprint density at radius 1 is 0.787 bits per heavy atom. The van der Waals surface area contributed by atoms with E-state index < -0.39 is 131 Å². The molecule has 26 heteroatoms. The number of amides is 7. The highest BCUT2D eigenvalue weighted by atomic mass is 19.4. The van der Waals surface area contributed by atoms with Crippen molar-refractivity contribution in [3.05, 3.63) is 95.8 Å². The first-order chi connectivity index (χ1) is 37.3. The zero-order chi connectivity index (χ0) is 60.2. The number of hydrogen-bond donors (Lipinski definition) is 8. The van der Waals surface area contributed by atoms with Crippen LogP contribution in [0.1, 0.15) is 97.4 Å². The summed E-state index contributed by atoms with van der Waals surface area (Å²) in [7, 11) is 0. The van der Waals surface area contributed by atoms with Crippen molar-refractivity contribution in [1.29, 1.82) is 0 Å². The summed E-state index contributed by atoms with van der Waals surface area (Å²) in [5.41, 5.74) is 7.47. The zero-order valence-corrected chi connectivity index (χ0v) is 45.1. The fourth-order valence-corrected chi connectivity index (χ4v) is 8.39. The van der Waals surface area contributed by atoms with Gasteiger partial charge in [-0.3, -0.25) is 43.3 Å². The average Bonchev–Trinajstić information content (AvgIpc) is 3.95. The molecule has 0 spiro atoms. The predicted octanol–water partition coefficient (Wildman–Crippen LogP) is 3.76. The van der Waals surface area contributed by atoms with Gasteiger partial charge in [-0.15, -0.1) is 0 Å². The number of nitrogens with two attached hydrogens (primary N) is 1. The number of imide groups is 1. The van der Waals surface area contributed by atoms with E-state index in [-0.39, 0.29) is 57.3 Å². The van der Waals surface area contributed by atoms with Crippen molar-refractivity contribution in [3.8, 4) is 11.1 Å². The van der Waals surface area contributed by atoms with E-state index in [0.29, 0.717) is 24.2 Å². The molecule has 21 nitrogen and oxygen atoms in total. The van der Waals surface area contributed by atoms with Crippen LogP contribution in [0.5, 0.6) is 0 Å². The van der Waals surface area contributed by atoms with E-state index in [2.05, 4.69) is 21.3 Å². The monoisotopic (exact) mass is 1130 g/mol. The fourth-order valence-electron chi connectivity index (χ4n) is 8.39. The topological polar surface area (TPSA) is 317 Å². The maximum atomic E-state index is 15.1. The van der Waals surface area contributed by atoms with Crippen molar-refractivity contribution in [1.82, 2.24) is 35.6 Å². The number of aromatic nitrogens is 1. The molecule has 3 aromatic rings. The number of aliphatic hydroxyl groups is 1. The van der Waals surface area contributed by atoms with Crippen LogP contribution in [0.3, 0.4) is 0 Å². The van der Waals surface area contributed by atoms with Crippen molar-refractivity contribution in [2.45, 2.75) is 117 Å². The van der Waals surface area contributed by atoms with Gasteiger partial charge in [0.2, 0.25) is 29.5 Å². The van der Waals surface area contributed by atoms with Crippen LogP contribution in [0.15, 0.2) is 72.9 Å². The van der Waals surface area contributed by atoms with E-state index in [4.69, 9.17) is 15.6 Å². The van der Waals surface area contributed by atoms with Crippen molar-refractivity contribution in [3.63, 3.8) is 0 Å². The van der Waals surface area contributed by atoms with Crippen LogP contribution in [-0.4, -0.2) is 146 Å². The molecule has 0 bridgehead atoms. The summed E-state index contributed by atoms with van der Waals surface area (Å²) in [6.45, 7) is 9.33. The van der Waals surface area contributed by atoms with Crippen LogP contribution in [0.4, 0.5) is 22.0 Å². The van der Waals surface area contributed by atoms with Gasteiger partial charge in [-0.05, 0) is 66.8 Å². The maximum absolute atomic E-state index is 15.1. The summed E-state index contributed by atoms with van der Waals surface area (Å²) in [5.74, 6) is -11.6. The number of aliphatic hydroxyl groups excluding tert-OH is 1. The van der Waals surface area contributed by atoms with Crippen LogP contribution in [0, 0.1) is 28.9 Å². The van der Waals surface area contributed by atoms with E-state index in [1.807, 2.05) is 55.7 Å². The molecule has 9 N–H and O–H groups in total. The zero-order valence-electron chi connectivity index (χ0n) is 45.1. The van der Waals surface area contributed by atoms with E-state index >= 15 is 4.39 Å². The van der Waals surface area contributed by atoms with E-state index in [1.165, 1.54) is 11.8 Å². The van der Waals surface area contributed by atoms with Gasteiger partial charge in [0.1, 0.15) is 30.8 Å². The Balaban J connectivity index is 0.00000224. The number of nitrogens with zero attached hydrogens (tertiary/aromatic N) is 3. The van der Waals surface area contributed by atoms with Crippen LogP contribution in [0.25, 0.3) is 11.1 Å². The Kier molecular flexibility index (Phi) is 25.3. The lowest BCUT2D eigenvalue weighted by Gasteiger charge is -2.41. The van der Waals surface area contributed by atoms with Gasteiger partial charge in [-0.25, -0.2) is 18.4 Å². The number of carboxylic acids is 2. The second-order valence-electron chi connectivity index (χ2n) is 20.3. The van der Waals surface area contributed by atoms with E-state index in [1.54, 1.807) is 26.1 Å². The molecular weight excluding hydrogens is 1060 g/mol. The number of alkyl halides is 3. The first-order valence-electron chi connectivity index (χ1n) is 25.4. The first kappa shape index (κ1) is 66.4. The predicted molar refractivity (Wildman–Crippen MR) is 278 cm³/mol. The highest BCUT2D eigenvalue weighted by Gasteiger charge is 2.39. The Morgan fingerprint density at radius 3 is 1.98 bits per heavy atom. The standard InChI is InChI=1S/C52H68F2N8O11.C2HF3O2/c1-31(2)47(59-43(66)29-62-44(67)17-18-45(62)68)41(64)24-32(3)49(70)58-39(51(72)73)14-10-11-21-56-42(65)19-22-57-50(71)38(55)20-23-61(46(69)30-63)48(52(4,5)6)40-25-34(36-26-35(53)15-16-37(36)54)28-60(40)27-33-12-8-7-9-13-33;3-2(4,5)1(6)7/h7-9,12-13,15-18,25-26,28,31-32,38-39,47-48,63H,10-11,14,19-24,27,29-30,55H2,1-6H3,(H,56,65)(H,57,71)(H,58,70)(H,59,66)(H,72,73);(H,6,7)/t32-,38+,39+,47?,48+;/m1./s1. The summed E-state index contributed by atoms with van der Waals surface area (Å²) in [5, 5.41) is 37.3. The summed E-state index contributed by atoms with van der Waals surface area (Å²) in [6.07, 6.45) is -1.19. The quantitative estimate of drug-likeness (QED) is 0.0292. The number of carboxylic acid groups (broad SMARTS) is 2. The molecule has 2 heterocycles. The van der Waals surface area contributed by atoms with Crippen molar-refractivity contribution >= 4 is 59.1 Å². The second-order valence-corrected chi connectivity index (χ2v) is 20.3. The summed E-state index contributed by atoms with van der Waals surface area (Å²) in [6, 6.07) is 10.0. The minimum atomic E-state index is -5.08. The lowest BCUT2D eigenvalue weighted by molar-refractivity contribution is -0.192. The van der Waals surface area contributed by atoms with Crippen LogP contribution < -0.4 is 27.0 Å². The average molecular weight is 1130 g/mol. The number of carbonyl (C=O) groups is 10. The number of halogens is 5. The summed E-state index contributed by atoms with van der Waals surface area (Å²) in [4.78, 5) is 125. The van der Waals surface area contributed by atoms with Crippen molar-refractivity contribution in [2.75, 3.05) is 32.8 Å². The van der Waals surface area contributed by atoms with Gasteiger partial charge in [0.15, 0.2) is 5.78 Å².